The molecule has 0 heterocycles. The van der Waals surface area contributed by atoms with E-state index in [4.69, 9.17) is 14.2 Å². The monoisotopic (exact) mass is 672 g/mol. The van der Waals surface area contributed by atoms with E-state index in [2.05, 4.69) is 0 Å². The van der Waals surface area contributed by atoms with Crippen LogP contribution in [0.4, 0.5) is 0 Å². The number of phenolic OH excluding ortho intramolecular Hbond substituents is 3. The van der Waals surface area contributed by atoms with Crippen molar-refractivity contribution in [2.24, 2.45) is 17.8 Å². The number of aromatic hydroxyl groups is 3. The summed E-state index contributed by atoms with van der Waals surface area (Å²) in [5.41, 5.74) is 7.20. The fourth-order valence-corrected chi connectivity index (χ4v) is 8.58. The lowest BCUT2D eigenvalue weighted by Gasteiger charge is -2.31. The number of hydrogen-bond donors (Lipinski definition) is 3. The van der Waals surface area contributed by atoms with Crippen LogP contribution in [-0.4, -0.2) is 53.0 Å². The molecule has 6 atom stereocenters. The van der Waals surface area contributed by atoms with Gasteiger partial charge in [0.1, 0.15) is 17.2 Å². The molecule has 262 valence electrons. The van der Waals surface area contributed by atoms with Gasteiger partial charge in [-0.25, -0.2) is 0 Å². The summed E-state index contributed by atoms with van der Waals surface area (Å²) in [6.45, 7) is 6.81. The Morgan fingerprint density at radius 3 is 1.08 bits per heavy atom. The van der Waals surface area contributed by atoms with E-state index in [1.807, 2.05) is 39.0 Å². The van der Waals surface area contributed by atoms with Crippen LogP contribution in [0, 0.1) is 17.8 Å². The van der Waals surface area contributed by atoms with Crippen molar-refractivity contribution in [3.05, 3.63) is 88.0 Å². The molecule has 0 aromatic heterocycles. The molecule has 2 unspecified atom stereocenters. The van der Waals surface area contributed by atoms with Gasteiger partial charge in [0.25, 0.3) is 0 Å². The van der Waals surface area contributed by atoms with Gasteiger partial charge >= 0.3 is 17.9 Å². The lowest BCUT2D eigenvalue weighted by Crippen LogP contribution is -2.29. The Morgan fingerprint density at radius 1 is 0.571 bits per heavy atom. The van der Waals surface area contributed by atoms with Gasteiger partial charge < -0.3 is 29.5 Å². The molecule has 3 N–H and O–H groups in total. The Balaban J connectivity index is 0.000000143. The van der Waals surface area contributed by atoms with Crippen molar-refractivity contribution < 1.29 is 45.3 Å². The third-order valence-electron chi connectivity index (χ3n) is 11.3. The van der Waals surface area contributed by atoms with E-state index in [9.17, 15) is 29.7 Å². The number of carbonyl (C=O) groups excluding carboxylic acids is 3. The number of phenols is 3. The largest absolute Gasteiger partial charge is 0.508 e. The van der Waals surface area contributed by atoms with Crippen LogP contribution in [0.3, 0.4) is 0 Å². The Bertz CT molecular complexity index is 1610. The molecule has 3 spiro atoms. The van der Waals surface area contributed by atoms with Gasteiger partial charge in [-0.1, -0.05) is 25.6 Å². The van der Waals surface area contributed by atoms with E-state index in [1.165, 1.54) is 16.7 Å². The second-order valence-electron chi connectivity index (χ2n) is 14.0. The zero-order valence-corrected chi connectivity index (χ0v) is 27.6. The van der Waals surface area contributed by atoms with Crippen molar-refractivity contribution in [3.63, 3.8) is 0 Å². The van der Waals surface area contributed by atoms with Crippen LogP contribution in [0.25, 0.3) is 0 Å². The Hall–Kier alpha value is -4.53. The van der Waals surface area contributed by atoms with Crippen LogP contribution in [0.5, 0.6) is 17.2 Å². The maximum absolute atomic E-state index is 11.6. The summed E-state index contributed by atoms with van der Waals surface area (Å²) in [6, 6.07) is 16.3. The molecule has 0 saturated heterocycles. The van der Waals surface area contributed by atoms with Crippen LogP contribution < -0.4 is 0 Å². The van der Waals surface area contributed by atoms with E-state index >= 15 is 0 Å². The molecule has 0 radical (unpaired) electrons. The fourth-order valence-electron chi connectivity index (χ4n) is 8.58. The van der Waals surface area contributed by atoms with Gasteiger partial charge in [-0.2, -0.15) is 0 Å². The highest BCUT2D eigenvalue weighted by Crippen LogP contribution is 2.66. The smallest absolute Gasteiger partial charge is 0.309 e. The number of benzene rings is 3. The van der Waals surface area contributed by atoms with Crippen LogP contribution in [0.2, 0.25) is 0 Å². The van der Waals surface area contributed by atoms with Crippen molar-refractivity contribution in [3.8, 4) is 17.2 Å². The second kappa shape index (κ2) is 12.4. The molecule has 3 fully saturated rings. The summed E-state index contributed by atoms with van der Waals surface area (Å²) in [6.07, 6.45) is 5.48. The fraction of sp³-hybridized carbons (Fsp3) is 0.475. The van der Waals surface area contributed by atoms with E-state index in [1.54, 1.807) is 36.4 Å². The lowest BCUT2D eigenvalue weighted by molar-refractivity contribution is -0.146. The summed E-state index contributed by atoms with van der Waals surface area (Å²) >= 11 is 0. The van der Waals surface area contributed by atoms with Crippen LogP contribution in [-0.2, 0) is 64.1 Å². The molecular formula is C40H48O9. The van der Waals surface area contributed by atoms with Crippen molar-refractivity contribution in [1.29, 1.82) is 0 Å². The highest BCUT2D eigenvalue weighted by atomic mass is 16.5. The number of hydrogen-bond acceptors (Lipinski definition) is 9. The van der Waals surface area contributed by atoms with Crippen molar-refractivity contribution in [2.45, 2.75) is 83.0 Å². The Kier molecular flexibility index (Phi) is 8.70. The number of rotatable bonds is 6. The summed E-state index contributed by atoms with van der Waals surface area (Å²) < 4.78 is 15.1. The van der Waals surface area contributed by atoms with Gasteiger partial charge in [0.15, 0.2) is 0 Å². The minimum Gasteiger partial charge on any atom is -0.508 e. The number of fused-ring (bicyclic) bond motifs is 6. The summed E-state index contributed by atoms with van der Waals surface area (Å²) in [5, 5.41) is 28.3. The first-order chi connectivity index (χ1) is 23.0. The first-order valence-electron chi connectivity index (χ1n) is 17.0. The normalized spacial score (nSPS) is 28.8. The average molecular weight is 673 g/mol. The molecule has 6 aliphatic carbocycles. The first-order valence-corrected chi connectivity index (χ1v) is 17.0. The van der Waals surface area contributed by atoms with Gasteiger partial charge in [-0.05, 0) is 129 Å². The number of esters is 3. The van der Waals surface area contributed by atoms with E-state index < -0.39 is 0 Å². The molecule has 0 bridgehead atoms. The van der Waals surface area contributed by atoms with E-state index in [0.29, 0.717) is 19.8 Å². The molecule has 3 aromatic carbocycles. The van der Waals surface area contributed by atoms with E-state index in [-0.39, 0.29) is 78.0 Å². The summed E-state index contributed by atoms with van der Waals surface area (Å²) in [7, 11) is 0. The highest BCUT2D eigenvalue weighted by Gasteiger charge is 2.66. The highest BCUT2D eigenvalue weighted by molar-refractivity contribution is 5.83. The predicted octanol–water partition coefficient (Wildman–Crippen LogP) is 6.19. The van der Waals surface area contributed by atoms with Gasteiger partial charge in [-0.15, -0.1) is 0 Å². The maximum atomic E-state index is 11.6. The predicted molar refractivity (Wildman–Crippen MR) is 184 cm³/mol. The third-order valence-corrected chi connectivity index (χ3v) is 11.3. The molecule has 3 saturated carbocycles. The minimum absolute atomic E-state index is 0. The summed E-state index contributed by atoms with van der Waals surface area (Å²) in [4.78, 5) is 34.9. The summed E-state index contributed by atoms with van der Waals surface area (Å²) in [5.74, 6) is 0.640. The molecule has 49 heavy (non-hydrogen) atoms. The third kappa shape index (κ3) is 5.61. The first kappa shape index (κ1) is 34.3. The van der Waals surface area contributed by atoms with Crippen molar-refractivity contribution in [2.75, 3.05) is 19.8 Å². The lowest BCUT2D eigenvalue weighted by atomic mass is 9.73. The van der Waals surface area contributed by atoms with Crippen LogP contribution in [0.15, 0.2) is 54.6 Å². The Morgan fingerprint density at radius 2 is 0.837 bits per heavy atom. The van der Waals surface area contributed by atoms with Gasteiger partial charge in [-0.3, -0.25) is 14.4 Å². The standard InChI is InChI=1S/3C13H14O3.CH4.H2/c3*1-2-16-12(15)11-7-13(11)6-8-3-4-9(14)5-10(8)13;;/h3*3-5,11,14H,2,6-7H2,1H3;1H4;1H/t2*11-,13+;;;/m10.../s1. The van der Waals surface area contributed by atoms with Crippen molar-refractivity contribution >= 4 is 17.9 Å². The molecule has 0 aliphatic heterocycles. The zero-order chi connectivity index (χ0) is 34.0. The average Bonchev–Trinajstić information content (AvgIpc) is 3.94. The molecular weight excluding hydrogens is 624 g/mol. The molecule has 9 rings (SSSR count). The Labute approximate surface area is 288 Å². The van der Waals surface area contributed by atoms with Gasteiger partial charge in [0.05, 0.1) is 37.6 Å². The van der Waals surface area contributed by atoms with Gasteiger partial charge in [0, 0.05) is 17.7 Å². The van der Waals surface area contributed by atoms with Gasteiger partial charge in [0.2, 0.25) is 0 Å². The molecule has 3 aromatic rings. The molecule has 9 heteroatoms. The quantitative estimate of drug-likeness (QED) is 0.207. The SMILES string of the molecule is C.CCOC(=O)C1CC12Cc1ccc(O)cc12.CCOC(=O)[C@@H]1C[C@@]12Cc1ccc(O)cc12.CCOC(=O)[C@H]1C[C@]12Cc1ccc(O)cc12.[HH]. The topological polar surface area (TPSA) is 140 Å². The zero-order valence-electron chi connectivity index (χ0n) is 27.6. The van der Waals surface area contributed by atoms with Crippen LogP contribution in [0.1, 0.15) is 82.3 Å². The van der Waals surface area contributed by atoms with Crippen LogP contribution >= 0.6 is 0 Å². The molecule has 9 nitrogen and oxygen atoms in total. The molecule has 6 aliphatic rings. The number of ether oxygens (including phenoxy) is 3. The van der Waals surface area contributed by atoms with E-state index in [0.717, 1.165) is 55.2 Å². The second-order valence-corrected chi connectivity index (χ2v) is 14.0. The maximum Gasteiger partial charge on any atom is 0.309 e. The number of carbonyl (C=O) groups is 3. The molecule has 0 amide bonds. The van der Waals surface area contributed by atoms with Crippen molar-refractivity contribution in [1.82, 2.24) is 0 Å². The minimum atomic E-state index is -0.0866.